The van der Waals surface area contributed by atoms with Gasteiger partial charge >= 0.3 is 12.1 Å². The monoisotopic (exact) mass is 522 g/mol. The lowest BCUT2D eigenvalue weighted by atomic mass is 10.0. The Morgan fingerprint density at radius 1 is 1.21 bits per heavy atom. The summed E-state index contributed by atoms with van der Waals surface area (Å²) in [6.45, 7) is 4.63. The van der Waals surface area contributed by atoms with E-state index in [4.69, 9.17) is 21.4 Å². The number of carbonyl (C=O) groups is 3. The summed E-state index contributed by atoms with van der Waals surface area (Å²) >= 11 is 2.57. The van der Waals surface area contributed by atoms with E-state index in [9.17, 15) is 22.8 Å². The van der Waals surface area contributed by atoms with Gasteiger partial charge < -0.3 is 21.9 Å². The summed E-state index contributed by atoms with van der Waals surface area (Å²) in [5, 5.41) is 9.86. The van der Waals surface area contributed by atoms with E-state index in [-0.39, 0.29) is 16.9 Å². The van der Waals surface area contributed by atoms with Crippen LogP contribution >= 0.6 is 23.1 Å². The maximum absolute atomic E-state index is 12.8. The molecule has 34 heavy (non-hydrogen) atoms. The molecule has 0 aliphatic rings. The first kappa shape index (κ1) is 29.8. The molecule has 8 nitrogen and oxygen atoms in total. The van der Waals surface area contributed by atoms with Crippen LogP contribution in [-0.2, 0) is 14.4 Å². The molecule has 0 fully saturated rings. The number of carboxylic acids is 1. The molecule has 1 aromatic carbocycles. The molecule has 0 saturated heterocycles. The summed E-state index contributed by atoms with van der Waals surface area (Å²) in [5.41, 5.74) is 12.3. The second-order valence-corrected chi connectivity index (χ2v) is 10.0. The van der Waals surface area contributed by atoms with Gasteiger partial charge in [0.2, 0.25) is 11.0 Å². The van der Waals surface area contributed by atoms with E-state index in [2.05, 4.69) is 10.3 Å². The second kappa shape index (κ2) is 14.2. The van der Waals surface area contributed by atoms with Gasteiger partial charge in [0.05, 0.1) is 22.3 Å². The summed E-state index contributed by atoms with van der Waals surface area (Å²) in [6, 6.07) is 6.58. The van der Waals surface area contributed by atoms with Crippen LogP contribution in [0.3, 0.4) is 0 Å². The van der Waals surface area contributed by atoms with Crippen molar-refractivity contribution in [2.24, 2.45) is 17.4 Å². The number of hydrogen-bond acceptors (Lipinski definition) is 8. The Balaban J connectivity index is 0.000000718. The van der Waals surface area contributed by atoms with Crippen LogP contribution in [0.1, 0.15) is 39.5 Å². The number of nitrogens with zero attached hydrogens (tertiary/aromatic N) is 1. The summed E-state index contributed by atoms with van der Waals surface area (Å²) in [6.07, 6.45) is -2.31. The van der Waals surface area contributed by atoms with Gasteiger partial charge in [-0.3, -0.25) is 9.59 Å². The van der Waals surface area contributed by atoms with Gasteiger partial charge in [-0.15, -0.1) is 11.3 Å². The van der Waals surface area contributed by atoms with Gasteiger partial charge in [-0.1, -0.05) is 32.4 Å². The van der Waals surface area contributed by atoms with E-state index in [1.807, 2.05) is 38.1 Å². The number of rotatable bonds is 10. The maximum Gasteiger partial charge on any atom is 0.490 e. The average Bonchev–Trinajstić information content (AvgIpc) is 3.15. The highest BCUT2D eigenvalue weighted by Crippen LogP contribution is 2.31. The number of carbonyl (C=O) groups excluding carboxylic acids is 2. The SMILES string of the molecule is CC(C)C[C@@H](NC(=O)[C@H](N)CCCCN)C(=O)Sc1nc2ccccc2s1.O=C(O)C(F)(F)F. The molecule has 2 aromatic rings. The van der Waals surface area contributed by atoms with Crippen molar-refractivity contribution in [2.45, 2.75) is 62.1 Å². The molecule has 2 atom stereocenters. The lowest BCUT2D eigenvalue weighted by Gasteiger charge is -2.21. The van der Waals surface area contributed by atoms with Crippen LogP contribution in [0.4, 0.5) is 13.2 Å². The Morgan fingerprint density at radius 3 is 2.35 bits per heavy atom. The van der Waals surface area contributed by atoms with Gasteiger partial charge in [-0.25, -0.2) is 9.78 Å². The van der Waals surface area contributed by atoms with Crippen molar-refractivity contribution >= 4 is 50.3 Å². The number of thiazole rings is 1. The number of halogens is 3. The molecule has 0 radical (unpaired) electrons. The highest BCUT2D eigenvalue weighted by molar-refractivity contribution is 8.15. The number of hydrogen-bond donors (Lipinski definition) is 4. The first-order chi connectivity index (χ1) is 15.8. The van der Waals surface area contributed by atoms with Gasteiger partial charge in [0.25, 0.3) is 0 Å². The second-order valence-electron chi connectivity index (χ2n) is 7.75. The average molecular weight is 523 g/mol. The van der Waals surface area contributed by atoms with Crippen molar-refractivity contribution in [2.75, 3.05) is 6.54 Å². The molecule has 1 amide bonds. The van der Waals surface area contributed by atoms with Crippen molar-refractivity contribution in [3.8, 4) is 0 Å². The number of para-hydroxylation sites is 1. The van der Waals surface area contributed by atoms with E-state index < -0.39 is 24.2 Å². The molecule has 13 heteroatoms. The minimum atomic E-state index is -5.08. The van der Waals surface area contributed by atoms with Gasteiger partial charge in [-0.2, -0.15) is 13.2 Å². The number of fused-ring (bicyclic) bond motifs is 1. The number of aliphatic carboxylic acids is 1. The van der Waals surface area contributed by atoms with Crippen LogP contribution in [0.25, 0.3) is 10.2 Å². The molecule has 0 aliphatic carbocycles. The van der Waals surface area contributed by atoms with Gasteiger partial charge in [0, 0.05) is 0 Å². The zero-order valence-electron chi connectivity index (χ0n) is 18.8. The number of carboxylic acid groups (broad SMARTS) is 1. The largest absolute Gasteiger partial charge is 0.490 e. The number of nitrogens with one attached hydrogen (secondary N) is 1. The first-order valence-electron chi connectivity index (χ1n) is 10.5. The summed E-state index contributed by atoms with van der Waals surface area (Å²) in [7, 11) is 0. The quantitative estimate of drug-likeness (QED) is 0.274. The molecule has 0 spiro atoms. The molecule has 1 heterocycles. The standard InChI is InChI=1S/C19H28N4O2S2.C2HF3O2/c1-12(2)11-15(22-17(24)13(21)7-5-6-10-20)18(25)27-19-23-14-8-3-4-9-16(14)26-19;3-2(4,5)1(6)7/h3-4,8-9,12-13,15H,5-7,10-11,20-21H2,1-2H3,(H,22,24);(H,6,7)/t13-,15-;/m1./s1. The number of nitrogens with two attached hydrogens (primary N) is 2. The van der Waals surface area contributed by atoms with E-state index in [1.165, 1.54) is 11.3 Å². The highest BCUT2D eigenvalue weighted by atomic mass is 32.2. The summed E-state index contributed by atoms with van der Waals surface area (Å²) in [4.78, 5) is 38.6. The van der Waals surface area contributed by atoms with Crippen LogP contribution < -0.4 is 16.8 Å². The Labute approximate surface area is 203 Å². The lowest BCUT2D eigenvalue weighted by Crippen LogP contribution is -2.48. The number of alkyl halides is 3. The van der Waals surface area contributed by atoms with Crippen molar-refractivity contribution in [3.63, 3.8) is 0 Å². The Bertz CT molecular complexity index is 920. The van der Waals surface area contributed by atoms with Crippen molar-refractivity contribution in [1.29, 1.82) is 0 Å². The summed E-state index contributed by atoms with van der Waals surface area (Å²) < 4.78 is 33.5. The highest BCUT2D eigenvalue weighted by Gasteiger charge is 2.38. The fourth-order valence-electron chi connectivity index (χ4n) is 2.66. The molecule has 1 aromatic heterocycles. The maximum atomic E-state index is 12.8. The predicted molar refractivity (Wildman–Crippen MR) is 126 cm³/mol. The Kier molecular flexibility index (Phi) is 12.5. The number of amides is 1. The van der Waals surface area contributed by atoms with Crippen molar-refractivity contribution < 1.29 is 32.7 Å². The molecule has 0 bridgehead atoms. The number of aromatic nitrogens is 1. The molecule has 6 N–H and O–H groups in total. The van der Waals surface area contributed by atoms with Crippen LogP contribution in [0.15, 0.2) is 28.6 Å². The molecule has 190 valence electrons. The smallest absolute Gasteiger partial charge is 0.475 e. The third kappa shape index (κ3) is 10.8. The molecule has 0 saturated carbocycles. The van der Waals surface area contributed by atoms with Gasteiger partial charge in [-0.05, 0) is 55.6 Å². The topological polar surface area (TPSA) is 148 Å². The lowest BCUT2D eigenvalue weighted by molar-refractivity contribution is -0.192. The van der Waals surface area contributed by atoms with Crippen LogP contribution in [-0.4, -0.2) is 51.9 Å². The predicted octanol–water partition coefficient (Wildman–Crippen LogP) is 3.54. The van der Waals surface area contributed by atoms with Crippen LogP contribution in [0, 0.1) is 5.92 Å². The van der Waals surface area contributed by atoms with Gasteiger partial charge in [0.1, 0.15) is 0 Å². The Hall–Kier alpha value is -2.22. The minimum absolute atomic E-state index is 0.106. The van der Waals surface area contributed by atoms with E-state index >= 15 is 0 Å². The van der Waals surface area contributed by atoms with Gasteiger partial charge in [0.15, 0.2) is 4.34 Å². The zero-order valence-corrected chi connectivity index (χ0v) is 20.4. The third-order valence-corrected chi connectivity index (χ3v) is 6.40. The normalized spacial score (nSPS) is 13.2. The van der Waals surface area contributed by atoms with Crippen molar-refractivity contribution in [1.82, 2.24) is 10.3 Å². The van der Waals surface area contributed by atoms with Crippen molar-refractivity contribution in [3.05, 3.63) is 24.3 Å². The molecule has 0 aliphatic heterocycles. The van der Waals surface area contributed by atoms with E-state index in [0.717, 1.165) is 34.8 Å². The van der Waals surface area contributed by atoms with Crippen LogP contribution in [0.2, 0.25) is 0 Å². The number of unbranched alkanes of at least 4 members (excludes halogenated alkanes) is 1. The molecular formula is C21H29F3N4O4S2. The van der Waals surface area contributed by atoms with E-state index in [0.29, 0.717) is 23.7 Å². The third-order valence-electron chi connectivity index (χ3n) is 4.32. The minimum Gasteiger partial charge on any atom is -0.475 e. The molecular weight excluding hydrogens is 493 g/mol. The van der Waals surface area contributed by atoms with Crippen LogP contribution in [0.5, 0.6) is 0 Å². The molecule has 0 unspecified atom stereocenters. The molecule has 2 rings (SSSR count). The summed E-state index contributed by atoms with van der Waals surface area (Å²) in [5.74, 6) is -2.77. The zero-order chi connectivity index (χ0) is 25.9. The first-order valence-corrected chi connectivity index (χ1v) is 12.1. The van der Waals surface area contributed by atoms with E-state index in [1.54, 1.807) is 0 Å². The number of thioether (sulfide) groups is 1. The Morgan fingerprint density at radius 2 is 1.82 bits per heavy atom. The fourth-order valence-corrected chi connectivity index (χ4v) is 4.65. The fraction of sp³-hybridized carbons (Fsp3) is 0.524. The number of benzene rings is 1.